The Morgan fingerprint density at radius 2 is 2.27 bits per heavy atom. The Labute approximate surface area is 88.2 Å². The number of imidazole rings is 1. The van der Waals surface area contributed by atoms with Gasteiger partial charge in [0.25, 0.3) is 0 Å². The molecule has 0 amide bonds. The summed E-state index contributed by atoms with van der Waals surface area (Å²) in [4.78, 5) is 17.6. The molecule has 0 aliphatic heterocycles. The number of hydrogen-bond donors (Lipinski definition) is 3. The Morgan fingerprint density at radius 3 is 2.67 bits per heavy atom. The van der Waals surface area contributed by atoms with Crippen molar-refractivity contribution in [2.24, 2.45) is 0 Å². The lowest BCUT2D eigenvalue weighted by atomic mass is 10.2. The fourth-order valence-corrected chi connectivity index (χ4v) is 1.37. The average Bonchev–Trinajstić information content (AvgIpc) is 2.58. The summed E-state index contributed by atoms with van der Waals surface area (Å²) in [5.74, 6) is -0.453. The van der Waals surface area contributed by atoms with E-state index in [0.717, 1.165) is 12.8 Å². The molecule has 0 saturated heterocycles. The molecule has 5 nitrogen and oxygen atoms in total. The van der Waals surface area contributed by atoms with Gasteiger partial charge >= 0.3 is 5.97 Å². The number of aryl methyl sites for hydroxylation is 1. The van der Waals surface area contributed by atoms with Gasteiger partial charge in [-0.05, 0) is 13.3 Å². The van der Waals surface area contributed by atoms with Crippen molar-refractivity contribution in [2.45, 2.75) is 39.2 Å². The van der Waals surface area contributed by atoms with Crippen molar-refractivity contribution >= 4 is 5.97 Å². The van der Waals surface area contributed by atoms with Crippen LogP contribution in [0.1, 0.15) is 54.8 Å². The number of aromatic carboxylic acids is 1. The number of hydrogen-bond acceptors (Lipinski definition) is 3. The summed E-state index contributed by atoms with van der Waals surface area (Å²) in [6.45, 7) is 3.56. The van der Waals surface area contributed by atoms with Crippen LogP contribution in [-0.4, -0.2) is 26.2 Å². The molecule has 0 spiro atoms. The third-order valence-corrected chi connectivity index (χ3v) is 2.16. The standard InChI is InChI=1S/C10H16N2O3/c1-3-4-5-7-11-8(6(2)13)9(12-7)10(14)15/h6,13H,3-5H2,1-2H3,(H,11,12)(H,14,15). The summed E-state index contributed by atoms with van der Waals surface area (Å²) in [6.07, 6.45) is 1.82. The molecule has 0 aromatic carbocycles. The number of aromatic nitrogens is 2. The Kier molecular flexibility index (Phi) is 3.85. The molecule has 15 heavy (non-hydrogen) atoms. The Morgan fingerprint density at radius 1 is 1.60 bits per heavy atom. The first-order valence-electron chi connectivity index (χ1n) is 5.06. The van der Waals surface area contributed by atoms with Crippen LogP contribution in [0.25, 0.3) is 0 Å². The van der Waals surface area contributed by atoms with Crippen molar-refractivity contribution in [3.05, 3.63) is 17.2 Å². The van der Waals surface area contributed by atoms with Gasteiger partial charge in [-0.25, -0.2) is 9.78 Å². The van der Waals surface area contributed by atoms with E-state index < -0.39 is 12.1 Å². The van der Waals surface area contributed by atoms with Gasteiger partial charge in [0.2, 0.25) is 0 Å². The number of aromatic amines is 1. The monoisotopic (exact) mass is 212 g/mol. The molecule has 0 radical (unpaired) electrons. The normalized spacial score (nSPS) is 12.7. The molecule has 84 valence electrons. The van der Waals surface area contributed by atoms with Crippen molar-refractivity contribution in [3.8, 4) is 0 Å². The number of carboxylic acid groups (broad SMARTS) is 1. The summed E-state index contributed by atoms with van der Waals surface area (Å²) in [6, 6.07) is 0. The van der Waals surface area contributed by atoms with Gasteiger partial charge in [0.1, 0.15) is 11.5 Å². The highest BCUT2D eigenvalue weighted by Gasteiger charge is 2.19. The molecule has 0 aliphatic carbocycles. The van der Waals surface area contributed by atoms with Crippen molar-refractivity contribution in [1.82, 2.24) is 9.97 Å². The minimum absolute atomic E-state index is 0.00361. The molecule has 1 heterocycles. The number of nitrogens with zero attached hydrogens (tertiary/aromatic N) is 1. The minimum atomic E-state index is -1.08. The maximum atomic E-state index is 10.8. The molecule has 0 fully saturated rings. The smallest absolute Gasteiger partial charge is 0.354 e. The van der Waals surface area contributed by atoms with E-state index in [1.165, 1.54) is 6.92 Å². The zero-order valence-corrected chi connectivity index (χ0v) is 8.95. The van der Waals surface area contributed by atoms with E-state index in [1.807, 2.05) is 0 Å². The second kappa shape index (κ2) is 4.93. The van der Waals surface area contributed by atoms with Crippen molar-refractivity contribution in [3.63, 3.8) is 0 Å². The molecule has 1 atom stereocenters. The van der Waals surface area contributed by atoms with Gasteiger partial charge in [-0.2, -0.15) is 0 Å². The first-order chi connectivity index (χ1) is 7.06. The van der Waals surface area contributed by atoms with Gasteiger partial charge in [0, 0.05) is 6.42 Å². The molecular formula is C10H16N2O3. The Hall–Kier alpha value is -1.36. The predicted molar refractivity (Wildman–Crippen MR) is 54.8 cm³/mol. The molecule has 5 heteroatoms. The van der Waals surface area contributed by atoms with E-state index in [-0.39, 0.29) is 11.4 Å². The molecule has 1 unspecified atom stereocenters. The largest absolute Gasteiger partial charge is 0.477 e. The highest BCUT2D eigenvalue weighted by molar-refractivity contribution is 5.86. The van der Waals surface area contributed by atoms with E-state index in [0.29, 0.717) is 12.2 Å². The zero-order valence-electron chi connectivity index (χ0n) is 8.95. The summed E-state index contributed by atoms with van der Waals surface area (Å²) >= 11 is 0. The lowest BCUT2D eigenvalue weighted by molar-refractivity contribution is 0.0683. The lowest BCUT2D eigenvalue weighted by Gasteiger charge is -1.99. The third kappa shape index (κ3) is 2.79. The van der Waals surface area contributed by atoms with Crippen LogP contribution in [0, 0.1) is 0 Å². The number of rotatable bonds is 5. The molecule has 0 saturated carbocycles. The number of carbonyl (C=O) groups is 1. The summed E-state index contributed by atoms with van der Waals surface area (Å²) in [5.41, 5.74) is 0.213. The van der Waals surface area contributed by atoms with Crippen LogP contribution >= 0.6 is 0 Å². The number of aliphatic hydroxyl groups is 1. The van der Waals surface area contributed by atoms with E-state index in [9.17, 15) is 9.90 Å². The summed E-state index contributed by atoms with van der Waals surface area (Å²) in [7, 11) is 0. The topological polar surface area (TPSA) is 86.2 Å². The lowest BCUT2D eigenvalue weighted by Crippen LogP contribution is -2.04. The summed E-state index contributed by atoms with van der Waals surface area (Å²) < 4.78 is 0. The van der Waals surface area contributed by atoms with Gasteiger partial charge in [-0.15, -0.1) is 0 Å². The fourth-order valence-electron chi connectivity index (χ4n) is 1.37. The molecule has 0 bridgehead atoms. The highest BCUT2D eigenvalue weighted by Crippen LogP contribution is 2.16. The van der Waals surface area contributed by atoms with Gasteiger partial charge in [-0.3, -0.25) is 0 Å². The second-order valence-electron chi connectivity index (χ2n) is 3.53. The first kappa shape index (κ1) is 11.7. The predicted octanol–water partition coefficient (Wildman–Crippen LogP) is 1.50. The Bertz CT molecular complexity index is 344. The van der Waals surface area contributed by atoms with Gasteiger partial charge < -0.3 is 15.2 Å². The SMILES string of the molecule is CCCCc1nc(C(C)O)c(C(=O)O)[nH]1. The molecule has 3 N–H and O–H groups in total. The van der Waals surface area contributed by atoms with Crippen LogP contribution in [0.2, 0.25) is 0 Å². The number of nitrogens with one attached hydrogen (secondary N) is 1. The van der Waals surface area contributed by atoms with E-state index >= 15 is 0 Å². The number of aliphatic hydroxyl groups excluding tert-OH is 1. The number of H-pyrrole nitrogens is 1. The van der Waals surface area contributed by atoms with Gasteiger partial charge in [0.15, 0.2) is 5.69 Å². The van der Waals surface area contributed by atoms with Crippen LogP contribution in [0.5, 0.6) is 0 Å². The molecule has 1 aromatic rings. The molecule has 1 rings (SSSR count). The quantitative estimate of drug-likeness (QED) is 0.690. The van der Waals surface area contributed by atoms with Crippen molar-refractivity contribution < 1.29 is 15.0 Å². The van der Waals surface area contributed by atoms with Crippen molar-refractivity contribution in [2.75, 3.05) is 0 Å². The van der Waals surface area contributed by atoms with Crippen LogP contribution < -0.4 is 0 Å². The minimum Gasteiger partial charge on any atom is -0.477 e. The molecule has 0 aliphatic rings. The van der Waals surface area contributed by atoms with E-state index in [4.69, 9.17) is 5.11 Å². The summed E-state index contributed by atoms with van der Waals surface area (Å²) in [5, 5.41) is 18.2. The number of unbranched alkanes of at least 4 members (excludes halogenated alkanes) is 1. The third-order valence-electron chi connectivity index (χ3n) is 2.16. The van der Waals surface area contributed by atoms with E-state index in [2.05, 4.69) is 16.9 Å². The van der Waals surface area contributed by atoms with Crippen LogP contribution in [-0.2, 0) is 6.42 Å². The average molecular weight is 212 g/mol. The Balaban J connectivity index is 2.93. The second-order valence-corrected chi connectivity index (χ2v) is 3.53. The maximum absolute atomic E-state index is 10.8. The van der Waals surface area contributed by atoms with Crippen molar-refractivity contribution in [1.29, 1.82) is 0 Å². The molecular weight excluding hydrogens is 196 g/mol. The van der Waals surface area contributed by atoms with Crippen LogP contribution in [0.4, 0.5) is 0 Å². The first-order valence-corrected chi connectivity index (χ1v) is 5.06. The fraction of sp³-hybridized carbons (Fsp3) is 0.600. The van der Waals surface area contributed by atoms with Crippen LogP contribution in [0.3, 0.4) is 0 Å². The molecule has 1 aromatic heterocycles. The van der Waals surface area contributed by atoms with Gasteiger partial charge in [-0.1, -0.05) is 13.3 Å². The number of carboxylic acids is 1. The maximum Gasteiger partial charge on any atom is 0.354 e. The van der Waals surface area contributed by atoms with E-state index in [1.54, 1.807) is 0 Å². The highest BCUT2D eigenvalue weighted by atomic mass is 16.4. The van der Waals surface area contributed by atoms with Crippen LogP contribution in [0.15, 0.2) is 0 Å². The zero-order chi connectivity index (χ0) is 11.4. The van der Waals surface area contributed by atoms with Gasteiger partial charge in [0.05, 0.1) is 6.10 Å².